The summed E-state index contributed by atoms with van der Waals surface area (Å²) < 4.78 is 10.2. The van der Waals surface area contributed by atoms with Gasteiger partial charge in [0, 0.05) is 12.1 Å². The van der Waals surface area contributed by atoms with Crippen molar-refractivity contribution < 1.29 is 19.2 Å². The minimum absolute atomic E-state index is 0.0155. The number of carbonyl (C=O) groups excluding carboxylic acids is 1. The molecule has 1 aromatic carbocycles. The van der Waals surface area contributed by atoms with Gasteiger partial charge in [-0.1, -0.05) is 11.6 Å². The van der Waals surface area contributed by atoms with E-state index in [1.807, 2.05) is 0 Å². The summed E-state index contributed by atoms with van der Waals surface area (Å²) in [6.45, 7) is -0.0954. The lowest BCUT2D eigenvalue weighted by Crippen LogP contribution is -2.55. The number of nitrogens with zero attached hydrogens (tertiary/aromatic N) is 1. The summed E-state index contributed by atoms with van der Waals surface area (Å²) in [7, 11) is 1.27. The Kier molecular flexibility index (Phi) is 4.34. The van der Waals surface area contributed by atoms with Crippen LogP contribution in [0, 0.1) is 16.0 Å². The van der Waals surface area contributed by atoms with E-state index in [1.54, 1.807) is 0 Å². The predicted octanol–water partition coefficient (Wildman–Crippen LogP) is 1.91. The van der Waals surface area contributed by atoms with Crippen LogP contribution < -0.4 is 10.5 Å². The third-order valence-electron chi connectivity index (χ3n) is 3.46. The van der Waals surface area contributed by atoms with Gasteiger partial charge in [-0.05, 0) is 24.8 Å². The molecular formula is C13H15ClN2O5. The fraction of sp³-hybridized carbons (Fsp3) is 0.462. The van der Waals surface area contributed by atoms with Gasteiger partial charge in [0.25, 0.3) is 5.69 Å². The zero-order valence-corrected chi connectivity index (χ0v) is 12.1. The maximum atomic E-state index is 11.8. The number of ether oxygens (including phenoxy) is 2. The van der Waals surface area contributed by atoms with E-state index in [1.165, 1.54) is 25.3 Å². The number of benzene rings is 1. The van der Waals surface area contributed by atoms with Crippen molar-refractivity contribution in [1.29, 1.82) is 0 Å². The van der Waals surface area contributed by atoms with Gasteiger partial charge in [0.15, 0.2) is 5.54 Å². The molecule has 8 heteroatoms. The SMILES string of the molecule is COC(=O)C(N)(COc1ccc([N+](=O)[O-])cc1Cl)C1CC1. The third kappa shape index (κ3) is 3.25. The maximum Gasteiger partial charge on any atom is 0.329 e. The van der Waals surface area contributed by atoms with E-state index in [-0.39, 0.29) is 29.0 Å². The molecule has 2 N–H and O–H groups in total. The number of rotatable bonds is 6. The quantitative estimate of drug-likeness (QED) is 0.488. The average Bonchev–Trinajstić information content (AvgIpc) is 3.29. The first-order valence-corrected chi connectivity index (χ1v) is 6.70. The molecule has 1 atom stereocenters. The lowest BCUT2D eigenvalue weighted by Gasteiger charge is -2.26. The molecule has 0 radical (unpaired) electrons. The minimum Gasteiger partial charge on any atom is -0.489 e. The Bertz CT molecular complexity index is 576. The zero-order valence-electron chi connectivity index (χ0n) is 11.4. The molecule has 0 aromatic heterocycles. The van der Waals surface area contributed by atoms with E-state index in [9.17, 15) is 14.9 Å². The summed E-state index contributed by atoms with van der Waals surface area (Å²) in [5.41, 5.74) is 4.72. The highest BCUT2D eigenvalue weighted by molar-refractivity contribution is 6.32. The zero-order chi connectivity index (χ0) is 15.6. The number of halogens is 1. The number of non-ortho nitro benzene ring substituents is 1. The van der Waals surface area contributed by atoms with Gasteiger partial charge in [0.1, 0.15) is 12.4 Å². The Morgan fingerprint density at radius 3 is 2.71 bits per heavy atom. The molecule has 0 heterocycles. The van der Waals surface area contributed by atoms with Crippen LogP contribution >= 0.6 is 11.6 Å². The molecule has 21 heavy (non-hydrogen) atoms. The van der Waals surface area contributed by atoms with Crippen LogP contribution in [-0.2, 0) is 9.53 Å². The van der Waals surface area contributed by atoms with E-state index in [0.717, 1.165) is 12.8 Å². The maximum absolute atomic E-state index is 11.8. The number of nitro benzene ring substituents is 1. The molecule has 0 aliphatic heterocycles. The van der Waals surface area contributed by atoms with Crippen LogP contribution in [0.4, 0.5) is 5.69 Å². The van der Waals surface area contributed by atoms with Crippen LogP contribution in [0.25, 0.3) is 0 Å². The first-order valence-electron chi connectivity index (χ1n) is 6.32. The summed E-state index contributed by atoms with van der Waals surface area (Å²) >= 11 is 5.92. The Balaban J connectivity index is 2.11. The molecule has 1 aliphatic rings. The largest absolute Gasteiger partial charge is 0.489 e. The predicted molar refractivity (Wildman–Crippen MR) is 75.3 cm³/mol. The smallest absolute Gasteiger partial charge is 0.329 e. The number of methoxy groups -OCH3 is 1. The molecule has 0 amide bonds. The van der Waals surface area contributed by atoms with Gasteiger partial charge in [-0.25, -0.2) is 4.79 Å². The molecule has 0 saturated heterocycles. The fourth-order valence-corrected chi connectivity index (χ4v) is 2.28. The van der Waals surface area contributed by atoms with Crippen molar-refractivity contribution in [3.05, 3.63) is 33.3 Å². The van der Waals surface area contributed by atoms with E-state index in [2.05, 4.69) is 0 Å². The number of hydrogen-bond acceptors (Lipinski definition) is 6. The molecule has 1 fully saturated rings. The van der Waals surface area contributed by atoms with Gasteiger partial charge in [-0.15, -0.1) is 0 Å². The van der Waals surface area contributed by atoms with Crippen LogP contribution in [0.2, 0.25) is 5.02 Å². The standard InChI is InChI=1S/C13H15ClN2O5/c1-20-12(17)13(15,8-2-3-8)7-21-11-5-4-9(16(18)19)6-10(11)14/h4-6,8H,2-3,7,15H2,1H3. The first kappa shape index (κ1) is 15.5. The molecule has 0 spiro atoms. The van der Waals surface area contributed by atoms with Crippen molar-refractivity contribution >= 4 is 23.3 Å². The second-order valence-electron chi connectivity index (χ2n) is 4.97. The van der Waals surface area contributed by atoms with Gasteiger partial charge < -0.3 is 15.2 Å². The number of nitro groups is 1. The summed E-state index contributed by atoms with van der Waals surface area (Å²) in [6.07, 6.45) is 1.67. The number of esters is 1. The van der Waals surface area contributed by atoms with E-state index in [0.29, 0.717) is 0 Å². The summed E-state index contributed by atoms with van der Waals surface area (Å²) in [6, 6.07) is 3.84. The van der Waals surface area contributed by atoms with Gasteiger partial charge in [0.05, 0.1) is 17.1 Å². The molecule has 114 valence electrons. The van der Waals surface area contributed by atoms with Gasteiger partial charge in [0.2, 0.25) is 0 Å². The number of nitrogens with two attached hydrogens (primary N) is 1. The van der Waals surface area contributed by atoms with E-state index >= 15 is 0 Å². The first-order chi connectivity index (χ1) is 9.88. The Morgan fingerprint density at radius 1 is 1.57 bits per heavy atom. The van der Waals surface area contributed by atoms with Crippen LogP contribution in [0.5, 0.6) is 5.75 Å². The Labute approximate surface area is 126 Å². The third-order valence-corrected chi connectivity index (χ3v) is 3.76. The van der Waals surface area contributed by atoms with E-state index in [4.69, 9.17) is 26.8 Å². The van der Waals surface area contributed by atoms with Crippen molar-refractivity contribution in [1.82, 2.24) is 0 Å². The lowest BCUT2D eigenvalue weighted by atomic mass is 9.96. The van der Waals surface area contributed by atoms with Gasteiger partial charge in [-0.3, -0.25) is 10.1 Å². The number of carbonyl (C=O) groups is 1. The lowest BCUT2D eigenvalue weighted by molar-refractivity contribution is -0.384. The van der Waals surface area contributed by atoms with Crippen molar-refractivity contribution in [3.63, 3.8) is 0 Å². The van der Waals surface area contributed by atoms with Crippen molar-refractivity contribution in [2.75, 3.05) is 13.7 Å². The Morgan fingerprint density at radius 2 is 2.24 bits per heavy atom. The Hall–Kier alpha value is -1.86. The molecule has 7 nitrogen and oxygen atoms in total. The highest BCUT2D eigenvalue weighted by atomic mass is 35.5. The van der Waals surface area contributed by atoms with Gasteiger partial charge >= 0.3 is 5.97 Å². The molecule has 1 aromatic rings. The molecule has 1 aliphatic carbocycles. The summed E-state index contributed by atoms with van der Waals surface area (Å²) in [5, 5.41) is 10.7. The second kappa shape index (κ2) is 5.87. The van der Waals surface area contributed by atoms with Crippen LogP contribution in [0.15, 0.2) is 18.2 Å². The molecule has 1 saturated carbocycles. The minimum atomic E-state index is -1.22. The summed E-state index contributed by atoms with van der Waals surface area (Å²) in [5.74, 6) is -0.286. The molecule has 1 unspecified atom stereocenters. The second-order valence-corrected chi connectivity index (χ2v) is 5.37. The molecular weight excluding hydrogens is 300 g/mol. The van der Waals surface area contributed by atoms with Crippen molar-refractivity contribution in [2.24, 2.45) is 11.7 Å². The van der Waals surface area contributed by atoms with Crippen LogP contribution in [0.1, 0.15) is 12.8 Å². The van der Waals surface area contributed by atoms with Crippen molar-refractivity contribution in [3.8, 4) is 5.75 Å². The summed E-state index contributed by atoms with van der Waals surface area (Å²) in [4.78, 5) is 21.9. The average molecular weight is 315 g/mol. The molecule has 2 rings (SSSR count). The fourth-order valence-electron chi connectivity index (χ4n) is 2.05. The highest BCUT2D eigenvalue weighted by Crippen LogP contribution is 2.40. The van der Waals surface area contributed by atoms with Crippen molar-refractivity contribution in [2.45, 2.75) is 18.4 Å². The van der Waals surface area contributed by atoms with E-state index < -0.39 is 16.4 Å². The van der Waals surface area contributed by atoms with Crippen LogP contribution in [-0.4, -0.2) is 30.1 Å². The topological polar surface area (TPSA) is 105 Å². The normalized spacial score (nSPS) is 16.9. The monoisotopic (exact) mass is 314 g/mol. The highest BCUT2D eigenvalue weighted by Gasteiger charge is 2.50. The van der Waals surface area contributed by atoms with Gasteiger partial charge in [-0.2, -0.15) is 0 Å². The van der Waals surface area contributed by atoms with Crippen LogP contribution in [0.3, 0.4) is 0 Å². The number of hydrogen-bond donors (Lipinski definition) is 1. The molecule has 0 bridgehead atoms.